The Labute approximate surface area is 73.8 Å². The van der Waals surface area contributed by atoms with Crippen molar-refractivity contribution in [3.63, 3.8) is 0 Å². The molecule has 1 fully saturated rings. The molecule has 1 N–H and O–H groups in total. The van der Waals surface area contributed by atoms with Crippen molar-refractivity contribution in [3.05, 3.63) is 35.9 Å². The minimum Gasteiger partial charge on any atom is -0.307 e. The van der Waals surface area contributed by atoms with Crippen molar-refractivity contribution in [2.24, 2.45) is 0 Å². The summed E-state index contributed by atoms with van der Waals surface area (Å²) in [6.45, 7) is 2.25. The molecule has 0 unspecified atom stereocenters. The Balaban J connectivity index is 2.11. The molecule has 1 aromatic rings. The minimum atomic E-state index is 0.598. The van der Waals surface area contributed by atoms with Gasteiger partial charge in [0.15, 0.2) is 0 Å². The van der Waals surface area contributed by atoms with Gasteiger partial charge in [-0.25, -0.2) is 0 Å². The van der Waals surface area contributed by atoms with Crippen LogP contribution >= 0.6 is 0 Å². The first-order valence-corrected chi connectivity index (χ1v) is 4.67. The summed E-state index contributed by atoms with van der Waals surface area (Å²) in [7, 11) is 0. The van der Waals surface area contributed by atoms with Crippen LogP contribution in [-0.2, 0) is 0 Å². The van der Waals surface area contributed by atoms with E-state index in [1.54, 1.807) is 0 Å². The van der Waals surface area contributed by atoms with Crippen molar-refractivity contribution in [2.45, 2.75) is 31.8 Å². The van der Waals surface area contributed by atoms with Crippen molar-refractivity contribution in [1.82, 2.24) is 5.32 Å². The largest absolute Gasteiger partial charge is 0.307 e. The predicted molar refractivity (Wildman–Crippen MR) is 51.0 cm³/mol. The first kappa shape index (κ1) is 7.81. The molecule has 0 radical (unpaired) electrons. The number of nitrogens with one attached hydrogen (secondary N) is 1. The maximum Gasteiger partial charge on any atom is 0.0323 e. The normalized spacial score (nSPS) is 29.1. The molecule has 2 rings (SSSR count). The van der Waals surface area contributed by atoms with E-state index in [1.165, 1.54) is 18.4 Å². The molecule has 0 aliphatic carbocycles. The zero-order chi connectivity index (χ0) is 8.39. The molecule has 1 aliphatic rings. The smallest absolute Gasteiger partial charge is 0.0323 e. The van der Waals surface area contributed by atoms with Gasteiger partial charge in [0.05, 0.1) is 0 Å². The maximum absolute atomic E-state index is 3.57. The highest BCUT2D eigenvalue weighted by atomic mass is 15.0. The molecule has 0 bridgehead atoms. The summed E-state index contributed by atoms with van der Waals surface area (Å²) in [6.07, 6.45) is 2.59. The Bertz CT molecular complexity index is 242. The van der Waals surface area contributed by atoms with E-state index in [9.17, 15) is 0 Å². The van der Waals surface area contributed by atoms with Gasteiger partial charge in [-0.2, -0.15) is 0 Å². The standard InChI is InChI=1S/C11H15N/c1-9-7-8-11(12-9)10-5-3-2-4-6-10/h2-6,9,11-12H,7-8H2,1H3/t9-,11+/m1/s1. The summed E-state index contributed by atoms with van der Waals surface area (Å²) in [5.41, 5.74) is 1.43. The number of benzene rings is 1. The summed E-state index contributed by atoms with van der Waals surface area (Å²) in [4.78, 5) is 0. The van der Waals surface area contributed by atoms with Crippen LogP contribution < -0.4 is 5.32 Å². The maximum atomic E-state index is 3.57. The van der Waals surface area contributed by atoms with Gasteiger partial charge < -0.3 is 5.32 Å². The van der Waals surface area contributed by atoms with E-state index in [1.807, 2.05) is 0 Å². The van der Waals surface area contributed by atoms with Crippen LogP contribution in [0.5, 0.6) is 0 Å². The second-order valence-electron chi connectivity index (χ2n) is 3.61. The Hall–Kier alpha value is -0.820. The number of hydrogen-bond acceptors (Lipinski definition) is 1. The van der Waals surface area contributed by atoms with Gasteiger partial charge in [-0.3, -0.25) is 0 Å². The van der Waals surface area contributed by atoms with Crippen LogP contribution in [0.25, 0.3) is 0 Å². The summed E-state index contributed by atoms with van der Waals surface area (Å²) >= 11 is 0. The molecule has 0 aromatic heterocycles. The molecule has 12 heavy (non-hydrogen) atoms. The Kier molecular flexibility index (Phi) is 2.13. The number of hydrogen-bond donors (Lipinski definition) is 1. The third-order valence-electron chi connectivity index (χ3n) is 2.58. The molecule has 1 nitrogen and oxygen atoms in total. The van der Waals surface area contributed by atoms with Crippen molar-refractivity contribution < 1.29 is 0 Å². The molecular formula is C11H15N. The van der Waals surface area contributed by atoms with Crippen LogP contribution in [0.1, 0.15) is 31.4 Å². The Morgan fingerprint density at radius 2 is 1.92 bits per heavy atom. The van der Waals surface area contributed by atoms with Gasteiger partial charge in [0, 0.05) is 12.1 Å². The highest BCUT2D eigenvalue weighted by Crippen LogP contribution is 2.25. The third kappa shape index (κ3) is 1.51. The van der Waals surface area contributed by atoms with Crippen molar-refractivity contribution in [3.8, 4) is 0 Å². The van der Waals surface area contributed by atoms with Crippen molar-refractivity contribution in [1.29, 1.82) is 0 Å². The fourth-order valence-corrected chi connectivity index (χ4v) is 1.88. The van der Waals surface area contributed by atoms with Gasteiger partial charge in [-0.05, 0) is 25.3 Å². The quantitative estimate of drug-likeness (QED) is 0.667. The summed E-state index contributed by atoms with van der Waals surface area (Å²) in [6, 6.07) is 12.0. The van der Waals surface area contributed by atoms with Gasteiger partial charge in [0.2, 0.25) is 0 Å². The first-order valence-electron chi connectivity index (χ1n) is 4.67. The topological polar surface area (TPSA) is 12.0 Å². The molecule has 0 amide bonds. The molecule has 1 aliphatic heterocycles. The lowest BCUT2D eigenvalue weighted by Gasteiger charge is -2.11. The summed E-state index contributed by atoms with van der Waals surface area (Å²) < 4.78 is 0. The lowest BCUT2D eigenvalue weighted by molar-refractivity contribution is 0.585. The lowest BCUT2D eigenvalue weighted by atomic mass is 10.1. The molecule has 0 spiro atoms. The van der Waals surface area contributed by atoms with Crippen LogP contribution in [0.4, 0.5) is 0 Å². The lowest BCUT2D eigenvalue weighted by Crippen LogP contribution is -2.20. The SMILES string of the molecule is C[C@@H]1CC[C@@H](c2ccccc2)N1. The van der Waals surface area contributed by atoms with Gasteiger partial charge >= 0.3 is 0 Å². The van der Waals surface area contributed by atoms with Crippen LogP contribution in [0.15, 0.2) is 30.3 Å². The number of rotatable bonds is 1. The van der Waals surface area contributed by atoms with E-state index < -0.39 is 0 Å². The zero-order valence-electron chi connectivity index (χ0n) is 7.46. The Morgan fingerprint density at radius 1 is 1.17 bits per heavy atom. The van der Waals surface area contributed by atoms with Crippen LogP contribution in [0, 0.1) is 0 Å². The third-order valence-corrected chi connectivity index (χ3v) is 2.58. The fraction of sp³-hybridized carbons (Fsp3) is 0.455. The van der Waals surface area contributed by atoms with E-state index in [2.05, 4.69) is 42.6 Å². The first-order chi connectivity index (χ1) is 5.86. The van der Waals surface area contributed by atoms with Gasteiger partial charge in [0.1, 0.15) is 0 Å². The van der Waals surface area contributed by atoms with E-state index in [-0.39, 0.29) is 0 Å². The molecule has 1 heteroatoms. The highest BCUT2D eigenvalue weighted by molar-refractivity contribution is 5.19. The molecule has 2 atom stereocenters. The summed E-state index contributed by atoms with van der Waals surface area (Å²) in [5.74, 6) is 0. The molecule has 1 aromatic carbocycles. The molecular weight excluding hydrogens is 146 g/mol. The molecule has 1 heterocycles. The van der Waals surface area contributed by atoms with Gasteiger partial charge in [-0.1, -0.05) is 30.3 Å². The second-order valence-corrected chi connectivity index (χ2v) is 3.61. The second kappa shape index (κ2) is 3.28. The molecule has 0 saturated carbocycles. The molecule has 64 valence electrons. The minimum absolute atomic E-state index is 0.598. The Morgan fingerprint density at radius 3 is 2.50 bits per heavy atom. The monoisotopic (exact) mass is 161 g/mol. The van der Waals surface area contributed by atoms with Crippen LogP contribution in [-0.4, -0.2) is 6.04 Å². The summed E-state index contributed by atoms with van der Waals surface area (Å²) in [5, 5.41) is 3.57. The fourth-order valence-electron chi connectivity index (χ4n) is 1.88. The van der Waals surface area contributed by atoms with E-state index in [4.69, 9.17) is 0 Å². The molecule has 1 saturated heterocycles. The van der Waals surface area contributed by atoms with Crippen LogP contribution in [0.2, 0.25) is 0 Å². The van der Waals surface area contributed by atoms with E-state index in [0.29, 0.717) is 12.1 Å². The predicted octanol–water partition coefficient (Wildman–Crippen LogP) is 2.50. The zero-order valence-corrected chi connectivity index (χ0v) is 7.46. The van der Waals surface area contributed by atoms with Gasteiger partial charge in [-0.15, -0.1) is 0 Å². The van der Waals surface area contributed by atoms with Crippen molar-refractivity contribution in [2.75, 3.05) is 0 Å². The van der Waals surface area contributed by atoms with Gasteiger partial charge in [0.25, 0.3) is 0 Å². The average molecular weight is 161 g/mol. The van der Waals surface area contributed by atoms with E-state index >= 15 is 0 Å². The van der Waals surface area contributed by atoms with E-state index in [0.717, 1.165) is 0 Å². The average Bonchev–Trinajstić information content (AvgIpc) is 2.54. The van der Waals surface area contributed by atoms with Crippen LogP contribution in [0.3, 0.4) is 0 Å². The highest BCUT2D eigenvalue weighted by Gasteiger charge is 2.20. The van der Waals surface area contributed by atoms with Crippen molar-refractivity contribution >= 4 is 0 Å².